The number of anilines is 1. The van der Waals surface area contributed by atoms with Crippen molar-refractivity contribution in [1.29, 1.82) is 0 Å². The zero-order valence-corrected chi connectivity index (χ0v) is 17.7. The fraction of sp³-hybridized carbons (Fsp3) is 0.300. The molecule has 0 spiro atoms. The summed E-state index contributed by atoms with van der Waals surface area (Å²) in [7, 11) is 1.59. The van der Waals surface area contributed by atoms with Crippen LogP contribution in [0.3, 0.4) is 0 Å². The Kier molecular flexibility index (Phi) is 6.12. The van der Waals surface area contributed by atoms with Crippen LogP contribution in [0.1, 0.15) is 47.5 Å². The van der Waals surface area contributed by atoms with Crippen molar-refractivity contribution < 1.29 is 18.5 Å². The van der Waals surface area contributed by atoms with Gasteiger partial charge in [0.2, 0.25) is 5.16 Å². The first-order valence-corrected chi connectivity index (χ1v) is 10.6. The van der Waals surface area contributed by atoms with Gasteiger partial charge in [0.05, 0.1) is 10.5 Å². The second kappa shape index (κ2) is 8.99. The molecule has 1 aliphatic carbocycles. The number of nitrogens with one attached hydrogen (secondary N) is 1. The molecule has 2 aromatic carbocycles. The predicted molar refractivity (Wildman–Crippen MR) is 112 cm³/mol. The number of hydrogen-bond acceptors (Lipinski definition) is 7. The second-order valence-corrected chi connectivity index (χ2v) is 8.43. The summed E-state index contributed by atoms with van der Waals surface area (Å²) in [6, 6.07) is 6.11. The predicted octanol–water partition coefficient (Wildman–Crippen LogP) is 4.46. The summed E-state index contributed by atoms with van der Waals surface area (Å²) in [4.78, 5) is 23.8. The molecule has 0 aliphatic heterocycles. The van der Waals surface area contributed by atoms with E-state index in [0.29, 0.717) is 10.7 Å². The minimum Gasteiger partial charge on any atom is -0.317 e. The molecular formula is C20H18F2N6O3S. The maximum Gasteiger partial charge on any atom is 0.270 e. The molecule has 1 amide bonds. The lowest BCUT2D eigenvalue weighted by atomic mass is 9.97. The molecule has 4 rings (SSSR count). The second-order valence-electron chi connectivity index (χ2n) is 7.42. The number of non-ortho nitro benzene ring substituents is 1. The number of nitro benzene ring substituents is 1. The molecule has 9 nitrogen and oxygen atoms in total. The third kappa shape index (κ3) is 4.44. The summed E-state index contributed by atoms with van der Waals surface area (Å²) >= 11 is 0.990. The van der Waals surface area contributed by atoms with Gasteiger partial charge in [0.15, 0.2) is 0 Å². The van der Waals surface area contributed by atoms with Gasteiger partial charge in [-0.15, -0.1) is 5.10 Å². The molecule has 1 fully saturated rings. The van der Waals surface area contributed by atoms with E-state index in [1.165, 1.54) is 28.9 Å². The zero-order valence-electron chi connectivity index (χ0n) is 16.9. The van der Waals surface area contributed by atoms with E-state index in [1.807, 2.05) is 0 Å². The Balaban J connectivity index is 1.65. The molecule has 0 bridgehead atoms. The first-order valence-electron chi connectivity index (χ1n) is 9.82. The van der Waals surface area contributed by atoms with Crippen molar-refractivity contribution in [2.75, 3.05) is 5.32 Å². The highest BCUT2D eigenvalue weighted by Crippen LogP contribution is 2.37. The van der Waals surface area contributed by atoms with Gasteiger partial charge in [0.25, 0.3) is 11.6 Å². The largest absolute Gasteiger partial charge is 0.317 e. The number of nitro groups is 1. The Bertz CT molecular complexity index is 1170. The van der Waals surface area contributed by atoms with E-state index in [2.05, 4.69) is 20.8 Å². The standard InChI is InChI=1S/C20H18F2N6O3S/c1-27-20(24-25-26-27)32-17-7-6-13(28(30)31)10-14(17)19(29)23-18-15(21)8-12(9-16(18)22)11-4-2-3-5-11/h6-11H,2-5H2,1H3,(H,23,29). The quantitative estimate of drug-likeness (QED) is 0.426. The van der Waals surface area contributed by atoms with Crippen LogP contribution in [0, 0.1) is 21.7 Å². The van der Waals surface area contributed by atoms with Crippen molar-refractivity contribution in [3.05, 3.63) is 63.2 Å². The van der Waals surface area contributed by atoms with E-state index in [0.717, 1.165) is 43.5 Å². The normalized spacial score (nSPS) is 14.0. The number of carbonyl (C=O) groups excluding carboxylic acids is 1. The average Bonchev–Trinajstić information content (AvgIpc) is 3.43. The number of aromatic nitrogens is 4. The van der Waals surface area contributed by atoms with Gasteiger partial charge >= 0.3 is 0 Å². The van der Waals surface area contributed by atoms with Crippen LogP contribution in [0.2, 0.25) is 0 Å². The Hall–Kier alpha value is -3.41. The molecule has 1 N–H and O–H groups in total. The van der Waals surface area contributed by atoms with Crippen molar-refractivity contribution in [3.8, 4) is 0 Å². The number of nitrogens with zero attached hydrogens (tertiary/aromatic N) is 5. The molecule has 0 unspecified atom stereocenters. The van der Waals surface area contributed by atoms with Crippen molar-refractivity contribution in [2.45, 2.75) is 41.7 Å². The molecule has 32 heavy (non-hydrogen) atoms. The van der Waals surface area contributed by atoms with Crippen LogP contribution in [-0.2, 0) is 7.05 Å². The molecular weight excluding hydrogens is 442 g/mol. The van der Waals surface area contributed by atoms with E-state index >= 15 is 0 Å². The van der Waals surface area contributed by atoms with Gasteiger partial charge in [-0.25, -0.2) is 13.5 Å². The monoisotopic (exact) mass is 460 g/mol. The number of tetrazole rings is 1. The Morgan fingerprint density at radius 3 is 2.50 bits per heavy atom. The fourth-order valence-electron chi connectivity index (χ4n) is 3.69. The lowest BCUT2D eigenvalue weighted by Crippen LogP contribution is -2.16. The number of benzene rings is 2. The first kappa shape index (κ1) is 21.8. The minimum atomic E-state index is -0.891. The Morgan fingerprint density at radius 2 is 1.91 bits per heavy atom. The SMILES string of the molecule is Cn1nnnc1Sc1ccc([N+](=O)[O-])cc1C(=O)Nc1c(F)cc(C2CCCC2)cc1F. The van der Waals surface area contributed by atoms with Crippen LogP contribution >= 0.6 is 11.8 Å². The average molecular weight is 460 g/mol. The van der Waals surface area contributed by atoms with Crippen LogP contribution in [0.25, 0.3) is 0 Å². The lowest BCUT2D eigenvalue weighted by Gasteiger charge is -2.14. The summed E-state index contributed by atoms with van der Waals surface area (Å²) < 4.78 is 30.8. The molecule has 166 valence electrons. The molecule has 1 saturated carbocycles. The van der Waals surface area contributed by atoms with Crippen LogP contribution in [0.5, 0.6) is 0 Å². The highest BCUT2D eigenvalue weighted by Gasteiger charge is 2.24. The molecule has 12 heteroatoms. The summed E-state index contributed by atoms with van der Waals surface area (Å²) in [6.07, 6.45) is 3.77. The summed E-state index contributed by atoms with van der Waals surface area (Å²) in [5.41, 5.74) is -0.504. The van der Waals surface area contributed by atoms with Crippen molar-refractivity contribution >= 4 is 29.0 Å². The van der Waals surface area contributed by atoms with E-state index in [1.54, 1.807) is 7.05 Å². The number of amides is 1. The maximum absolute atomic E-state index is 14.7. The number of rotatable bonds is 6. The van der Waals surface area contributed by atoms with Gasteiger partial charge in [0, 0.05) is 24.1 Å². The van der Waals surface area contributed by atoms with Crippen LogP contribution in [-0.4, -0.2) is 31.0 Å². The van der Waals surface area contributed by atoms with Gasteiger partial charge in [-0.1, -0.05) is 12.8 Å². The Labute approximate surface area is 185 Å². The van der Waals surface area contributed by atoms with Gasteiger partial charge in [-0.05, 0) is 64.7 Å². The molecule has 1 heterocycles. The van der Waals surface area contributed by atoms with Gasteiger partial charge in [-0.3, -0.25) is 14.9 Å². The van der Waals surface area contributed by atoms with Crippen molar-refractivity contribution in [1.82, 2.24) is 20.2 Å². The minimum absolute atomic E-state index is 0.100. The van der Waals surface area contributed by atoms with Gasteiger partial charge in [-0.2, -0.15) is 0 Å². The van der Waals surface area contributed by atoms with E-state index in [9.17, 15) is 23.7 Å². The van der Waals surface area contributed by atoms with Crippen molar-refractivity contribution in [2.24, 2.45) is 7.05 Å². The number of hydrogen-bond donors (Lipinski definition) is 1. The lowest BCUT2D eigenvalue weighted by molar-refractivity contribution is -0.384. The Morgan fingerprint density at radius 1 is 1.22 bits per heavy atom. The van der Waals surface area contributed by atoms with Crippen molar-refractivity contribution in [3.63, 3.8) is 0 Å². The molecule has 3 aromatic rings. The van der Waals surface area contributed by atoms with E-state index in [-0.39, 0.29) is 22.1 Å². The number of aryl methyl sites for hydroxylation is 1. The summed E-state index contributed by atoms with van der Waals surface area (Å²) in [6.45, 7) is 0. The third-order valence-corrected chi connectivity index (χ3v) is 6.44. The highest BCUT2D eigenvalue weighted by atomic mass is 32.2. The third-order valence-electron chi connectivity index (χ3n) is 5.33. The topological polar surface area (TPSA) is 116 Å². The summed E-state index contributed by atoms with van der Waals surface area (Å²) in [5.74, 6) is -2.57. The fourth-order valence-corrected chi connectivity index (χ4v) is 4.53. The number of carbonyl (C=O) groups is 1. The van der Waals surface area contributed by atoms with E-state index in [4.69, 9.17) is 0 Å². The van der Waals surface area contributed by atoms with Gasteiger partial charge < -0.3 is 5.32 Å². The maximum atomic E-state index is 14.7. The van der Waals surface area contributed by atoms with E-state index < -0.39 is 28.2 Å². The molecule has 0 radical (unpaired) electrons. The van der Waals surface area contributed by atoms with Crippen LogP contribution in [0.15, 0.2) is 40.4 Å². The smallest absolute Gasteiger partial charge is 0.270 e. The zero-order chi connectivity index (χ0) is 22.8. The van der Waals surface area contributed by atoms with Crippen LogP contribution in [0.4, 0.5) is 20.2 Å². The molecule has 0 atom stereocenters. The molecule has 1 aromatic heterocycles. The summed E-state index contributed by atoms with van der Waals surface area (Å²) in [5, 5.41) is 24.8. The van der Waals surface area contributed by atoms with Gasteiger partial charge in [0.1, 0.15) is 17.3 Å². The molecule has 1 aliphatic rings. The first-order chi connectivity index (χ1) is 15.3. The van der Waals surface area contributed by atoms with Crippen LogP contribution < -0.4 is 5.32 Å². The molecule has 0 saturated heterocycles. The number of halogens is 2. The highest BCUT2D eigenvalue weighted by molar-refractivity contribution is 7.99.